The van der Waals surface area contributed by atoms with Crippen LogP contribution >= 0.6 is 22.6 Å². The Labute approximate surface area is 182 Å². The lowest BCUT2D eigenvalue weighted by atomic mass is 10.1. The predicted molar refractivity (Wildman–Crippen MR) is 117 cm³/mol. The van der Waals surface area contributed by atoms with E-state index >= 15 is 0 Å². The fraction of sp³-hybridized carbons (Fsp3) is 0.200. The molecule has 0 bridgehead atoms. The molecule has 2 aromatic rings. The van der Waals surface area contributed by atoms with Crippen LogP contribution in [-0.2, 0) is 10.0 Å². The van der Waals surface area contributed by atoms with Crippen molar-refractivity contribution in [2.75, 3.05) is 30.8 Å². The second-order valence-electron chi connectivity index (χ2n) is 6.18. The van der Waals surface area contributed by atoms with E-state index in [0.717, 1.165) is 11.2 Å². The zero-order valence-electron chi connectivity index (χ0n) is 15.7. The van der Waals surface area contributed by atoms with E-state index in [1.807, 2.05) is 22.6 Å². The first-order valence-electron chi connectivity index (χ1n) is 8.46. The van der Waals surface area contributed by atoms with Gasteiger partial charge in [-0.15, -0.1) is 0 Å². The van der Waals surface area contributed by atoms with Crippen LogP contribution in [0.3, 0.4) is 0 Å². The van der Waals surface area contributed by atoms with Gasteiger partial charge in [-0.1, -0.05) is 24.0 Å². The van der Waals surface area contributed by atoms with Gasteiger partial charge in [0, 0.05) is 3.57 Å². The van der Waals surface area contributed by atoms with Gasteiger partial charge in [0.1, 0.15) is 5.75 Å². The molecule has 0 saturated carbocycles. The van der Waals surface area contributed by atoms with Crippen molar-refractivity contribution in [3.05, 3.63) is 57.2 Å². The van der Waals surface area contributed by atoms with E-state index in [2.05, 4.69) is 11.8 Å². The number of benzene rings is 2. The number of hydrogen-bond donors (Lipinski definition) is 0. The highest BCUT2D eigenvalue weighted by Crippen LogP contribution is 2.28. The number of nitrogens with zero attached hydrogens (tertiary/aromatic N) is 2. The van der Waals surface area contributed by atoms with E-state index in [1.165, 1.54) is 11.4 Å². The summed E-state index contributed by atoms with van der Waals surface area (Å²) in [6.07, 6.45) is 1.10. The van der Waals surface area contributed by atoms with Crippen LogP contribution in [0.15, 0.2) is 42.5 Å². The SMILES string of the molecule is COc1ccc(N(CC#CCN2C(=O)c3ccccc3C2=O)S(C)(=O)=O)c(I)c1. The van der Waals surface area contributed by atoms with Gasteiger partial charge in [0.15, 0.2) is 0 Å². The Kier molecular flexibility index (Phi) is 6.14. The van der Waals surface area contributed by atoms with Crippen LogP contribution in [0.5, 0.6) is 5.75 Å². The average Bonchev–Trinajstić information content (AvgIpc) is 2.92. The number of amides is 2. The second-order valence-corrected chi connectivity index (χ2v) is 9.25. The van der Waals surface area contributed by atoms with Crippen molar-refractivity contribution >= 4 is 50.1 Å². The van der Waals surface area contributed by atoms with Gasteiger partial charge in [0.05, 0.1) is 43.3 Å². The van der Waals surface area contributed by atoms with Crippen molar-refractivity contribution < 1.29 is 22.7 Å². The van der Waals surface area contributed by atoms with Gasteiger partial charge >= 0.3 is 0 Å². The Morgan fingerprint density at radius 2 is 1.69 bits per heavy atom. The summed E-state index contributed by atoms with van der Waals surface area (Å²) in [6, 6.07) is 11.6. The van der Waals surface area contributed by atoms with Gasteiger partial charge in [-0.25, -0.2) is 8.42 Å². The summed E-state index contributed by atoms with van der Waals surface area (Å²) in [5, 5.41) is 0. The van der Waals surface area contributed by atoms with E-state index in [4.69, 9.17) is 4.74 Å². The van der Waals surface area contributed by atoms with Crippen LogP contribution in [0.2, 0.25) is 0 Å². The Balaban J connectivity index is 1.77. The van der Waals surface area contributed by atoms with Gasteiger partial charge in [-0.2, -0.15) is 0 Å². The standard InChI is InChI=1S/C20H17IN2O5S/c1-28-14-9-10-18(17(21)13-14)23(29(2,26)27)12-6-5-11-22-19(24)15-7-3-4-8-16(15)20(22)25/h3-4,7-10,13H,11-12H2,1-2H3. The average molecular weight is 524 g/mol. The van der Waals surface area contributed by atoms with Gasteiger partial charge in [0.25, 0.3) is 11.8 Å². The highest BCUT2D eigenvalue weighted by Gasteiger charge is 2.34. The van der Waals surface area contributed by atoms with Crippen LogP contribution in [0.4, 0.5) is 5.69 Å². The molecule has 7 nitrogen and oxygen atoms in total. The second kappa shape index (κ2) is 8.42. The molecule has 0 N–H and O–H groups in total. The number of carbonyl (C=O) groups excluding carboxylic acids is 2. The molecule has 9 heteroatoms. The molecule has 0 unspecified atom stereocenters. The summed E-state index contributed by atoms with van der Waals surface area (Å²) >= 11 is 2.03. The molecule has 0 saturated heterocycles. The van der Waals surface area contributed by atoms with Crippen LogP contribution in [0.1, 0.15) is 20.7 Å². The molecule has 0 radical (unpaired) electrons. The molecule has 0 aromatic heterocycles. The normalized spacial score (nSPS) is 13.0. The number of fused-ring (bicyclic) bond motifs is 1. The van der Waals surface area contributed by atoms with Crippen LogP contribution < -0.4 is 9.04 Å². The molecule has 0 aliphatic carbocycles. The first-order chi connectivity index (χ1) is 13.7. The van der Waals surface area contributed by atoms with Crippen molar-refractivity contribution in [3.63, 3.8) is 0 Å². The maximum atomic E-state index is 12.3. The van der Waals surface area contributed by atoms with Crippen LogP contribution in [0.25, 0.3) is 0 Å². The molecule has 29 heavy (non-hydrogen) atoms. The fourth-order valence-electron chi connectivity index (χ4n) is 2.84. The minimum Gasteiger partial charge on any atom is -0.497 e. The number of hydrogen-bond acceptors (Lipinski definition) is 5. The summed E-state index contributed by atoms with van der Waals surface area (Å²) in [6.45, 7) is -0.214. The first kappa shape index (κ1) is 21.1. The summed E-state index contributed by atoms with van der Waals surface area (Å²) in [7, 11) is -2.06. The number of sulfonamides is 1. The predicted octanol–water partition coefficient (Wildman–Crippen LogP) is 2.37. The van der Waals surface area contributed by atoms with Crippen molar-refractivity contribution in [3.8, 4) is 17.6 Å². The fourth-order valence-corrected chi connectivity index (χ4v) is 4.60. The summed E-state index contributed by atoms with van der Waals surface area (Å²) in [5.41, 5.74) is 1.18. The van der Waals surface area contributed by atoms with Crippen molar-refractivity contribution in [2.24, 2.45) is 0 Å². The van der Waals surface area contributed by atoms with Gasteiger partial charge in [0.2, 0.25) is 10.0 Å². The lowest BCUT2D eigenvalue weighted by Gasteiger charge is -2.21. The van der Waals surface area contributed by atoms with E-state index in [1.54, 1.807) is 42.5 Å². The van der Waals surface area contributed by atoms with Crippen molar-refractivity contribution in [1.29, 1.82) is 0 Å². The first-order valence-corrected chi connectivity index (χ1v) is 11.4. The number of carbonyl (C=O) groups is 2. The number of rotatable bonds is 5. The maximum Gasteiger partial charge on any atom is 0.262 e. The molecule has 1 heterocycles. The molecule has 0 atom stereocenters. The third-order valence-corrected chi connectivity index (χ3v) is 6.28. The Hall–Kier alpha value is -2.58. The zero-order valence-corrected chi connectivity index (χ0v) is 18.7. The van der Waals surface area contributed by atoms with Crippen molar-refractivity contribution in [1.82, 2.24) is 4.90 Å². The van der Waals surface area contributed by atoms with E-state index in [0.29, 0.717) is 26.1 Å². The largest absolute Gasteiger partial charge is 0.497 e. The molecule has 0 fully saturated rings. The molecule has 1 aliphatic rings. The number of halogens is 1. The van der Waals surface area contributed by atoms with Crippen LogP contribution in [-0.4, -0.2) is 51.6 Å². The lowest BCUT2D eigenvalue weighted by Crippen LogP contribution is -2.32. The molecule has 3 rings (SSSR count). The zero-order chi connectivity index (χ0) is 21.2. The molecule has 0 spiro atoms. The quantitative estimate of drug-likeness (QED) is 0.341. The van der Waals surface area contributed by atoms with Gasteiger partial charge in [-0.3, -0.25) is 18.8 Å². The summed E-state index contributed by atoms with van der Waals surface area (Å²) < 4.78 is 31.5. The highest BCUT2D eigenvalue weighted by molar-refractivity contribution is 14.1. The van der Waals surface area contributed by atoms with E-state index in [9.17, 15) is 18.0 Å². The number of anilines is 1. The third kappa shape index (κ3) is 4.38. The number of ether oxygens (including phenoxy) is 1. The minimum atomic E-state index is -3.59. The highest BCUT2D eigenvalue weighted by atomic mass is 127. The van der Waals surface area contributed by atoms with E-state index in [-0.39, 0.29) is 13.1 Å². The maximum absolute atomic E-state index is 12.3. The molecular weight excluding hydrogens is 507 g/mol. The van der Waals surface area contributed by atoms with Gasteiger partial charge in [-0.05, 0) is 52.9 Å². The molecule has 150 valence electrons. The Morgan fingerprint density at radius 3 is 2.21 bits per heavy atom. The molecular formula is C20H17IN2O5S. The monoisotopic (exact) mass is 524 g/mol. The van der Waals surface area contributed by atoms with Gasteiger partial charge < -0.3 is 4.74 Å². The molecule has 1 aliphatic heterocycles. The molecule has 2 aromatic carbocycles. The topological polar surface area (TPSA) is 84.0 Å². The Morgan fingerprint density at radius 1 is 1.07 bits per heavy atom. The third-order valence-electron chi connectivity index (χ3n) is 4.29. The number of imide groups is 1. The lowest BCUT2D eigenvalue weighted by molar-refractivity contribution is 0.0675. The summed E-state index contributed by atoms with van der Waals surface area (Å²) in [5.74, 6) is 5.31. The Bertz CT molecular complexity index is 1120. The van der Waals surface area contributed by atoms with E-state index < -0.39 is 21.8 Å². The molecule has 2 amide bonds. The minimum absolute atomic E-state index is 0.107. The smallest absolute Gasteiger partial charge is 0.262 e. The summed E-state index contributed by atoms with van der Waals surface area (Å²) in [4.78, 5) is 25.7. The van der Waals surface area contributed by atoms with Crippen LogP contribution in [0, 0.1) is 15.4 Å². The van der Waals surface area contributed by atoms with Crippen molar-refractivity contribution in [2.45, 2.75) is 0 Å². The number of methoxy groups -OCH3 is 1.